The second kappa shape index (κ2) is 7.80. The van der Waals surface area contributed by atoms with Crippen molar-refractivity contribution in [1.82, 2.24) is 0 Å². The summed E-state index contributed by atoms with van der Waals surface area (Å²) in [5.74, 6) is 0. The van der Waals surface area contributed by atoms with E-state index in [1.807, 2.05) is 34.3 Å². The maximum absolute atomic E-state index is 5.61. The van der Waals surface area contributed by atoms with E-state index in [4.69, 9.17) is 18.9 Å². The van der Waals surface area contributed by atoms with E-state index in [2.05, 4.69) is 0 Å². The van der Waals surface area contributed by atoms with Crippen molar-refractivity contribution in [3.8, 4) is 0 Å². The van der Waals surface area contributed by atoms with Gasteiger partial charge in [0.15, 0.2) is 0 Å². The number of hydrogen-bond donors (Lipinski definition) is 0. The van der Waals surface area contributed by atoms with Crippen LogP contribution in [0.1, 0.15) is 26.7 Å². The van der Waals surface area contributed by atoms with E-state index < -0.39 is 4.09 Å². The molecule has 1 rings (SSSR count). The van der Waals surface area contributed by atoms with Gasteiger partial charge in [0.05, 0.1) is 0 Å². The van der Waals surface area contributed by atoms with Crippen molar-refractivity contribution in [2.45, 2.75) is 36.9 Å². The van der Waals surface area contributed by atoms with Crippen molar-refractivity contribution >= 4 is 0 Å². The summed E-state index contributed by atoms with van der Waals surface area (Å²) in [4.78, 5) is 0. The van der Waals surface area contributed by atoms with Gasteiger partial charge in [-0.25, -0.2) is 0 Å². The Hall–Kier alpha value is 0.554. The van der Waals surface area contributed by atoms with E-state index in [1.165, 1.54) is 0 Å². The summed E-state index contributed by atoms with van der Waals surface area (Å²) in [5, 5.41) is 0. The summed E-state index contributed by atoms with van der Waals surface area (Å²) in [6.45, 7) is 7.64. The Morgan fingerprint density at radius 2 is 1.94 bits per heavy atom. The van der Waals surface area contributed by atoms with Gasteiger partial charge in [0, 0.05) is 0 Å². The summed E-state index contributed by atoms with van der Waals surface area (Å²) in [6, 6.07) is 0. The van der Waals surface area contributed by atoms with Gasteiger partial charge >= 0.3 is 109 Å². The predicted molar refractivity (Wildman–Crippen MR) is 55.8 cm³/mol. The van der Waals surface area contributed by atoms with E-state index in [1.54, 1.807) is 0 Å². The number of ether oxygens (including phenoxy) is 4. The molecule has 0 bridgehead atoms. The van der Waals surface area contributed by atoms with E-state index in [0.29, 0.717) is 19.3 Å². The van der Waals surface area contributed by atoms with Gasteiger partial charge in [-0.05, 0) is 0 Å². The van der Waals surface area contributed by atoms with Crippen molar-refractivity contribution < 1.29 is 39.4 Å². The zero-order valence-corrected chi connectivity index (χ0v) is 11.7. The fourth-order valence-corrected chi connectivity index (χ4v) is 2.17. The van der Waals surface area contributed by atoms with Crippen molar-refractivity contribution in [2.75, 3.05) is 33.0 Å². The molecule has 1 atom stereocenters. The van der Waals surface area contributed by atoms with Gasteiger partial charge in [0.2, 0.25) is 0 Å². The van der Waals surface area contributed by atoms with Crippen LogP contribution in [-0.4, -0.2) is 43.2 Å². The van der Waals surface area contributed by atoms with E-state index in [-0.39, 0.29) is 0 Å². The topological polar surface area (TPSA) is 40.2 Å². The summed E-state index contributed by atoms with van der Waals surface area (Å²) in [6.07, 6.45) is 2.16. The summed E-state index contributed by atoms with van der Waals surface area (Å²) >= 11 is 1.99. The number of hydrogen-bond acceptors (Lipinski definition) is 4. The molecule has 0 aromatic heterocycles. The molecule has 1 unspecified atom stereocenters. The van der Waals surface area contributed by atoms with Crippen molar-refractivity contribution in [3.63, 3.8) is 0 Å². The van der Waals surface area contributed by atoms with E-state index in [9.17, 15) is 0 Å². The Labute approximate surface area is 109 Å². The first-order valence-electron chi connectivity index (χ1n) is 5.92. The van der Waals surface area contributed by atoms with Crippen LogP contribution in [0.5, 0.6) is 0 Å². The molecule has 1 aliphatic rings. The molecular weight excluding hydrogens is 244 g/mol. The Morgan fingerprint density at radius 1 is 1.31 bits per heavy atom. The second-order valence-electron chi connectivity index (χ2n) is 3.75. The molecule has 1 fully saturated rings. The minimum atomic E-state index is -0.455. The Bertz CT molecular complexity index is 179. The van der Waals surface area contributed by atoms with Crippen molar-refractivity contribution in [1.29, 1.82) is 0 Å². The van der Waals surface area contributed by atoms with Gasteiger partial charge in [-0.15, -0.1) is 0 Å². The maximum atomic E-state index is 5.61. The standard InChI is InChI=1S/C11H21O4.Ti/c1-3-13-11(14-4-2)6-5-7-12-8-10-9-15-10;/h10H,3-9H2,1-2H3;. The van der Waals surface area contributed by atoms with Gasteiger partial charge in [-0.3, -0.25) is 0 Å². The molecule has 0 radical (unpaired) electrons. The van der Waals surface area contributed by atoms with Crippen LogP contribution in [0.15, 0.2) is 0 Å². The second-order valence-corrected chi connectivity index (χ2v) is 4.94. The summed E-state index contributed by atoms with van der Waals surface area (Å²) in [7, 11) is 0. The molecule has 0 saturated carbocycles. The van der Waals surface area contributed by atoms with Gasteiger partial charge in [-0.2, -0.15) is 0 Å². The van der Waals surface area contributed by atoms with Crippen LogP contribution in [0.4, 0.5) is 0 Å². The van der Waals surface area contributed by atoms with Gasteiger partial charge in [-0.1, -0.05) is 0 Å². The number of rotatable bonds is 10. The minimum absolute atomic E-state index is 0.352. The first kappa shape index (κ1) is 14.6. The number of epoxide rings is 1. The Morgan fingerprint density at radius 3 is 2.44 bits per heavy atom. The van der Waals surface area contributed by atoms with Crippen LogP contribution < -0.4 is 0 Å². The zero-order valence-electron chi connectivity index (χ0n) is 10.2. The van der Waals surface area contributed by atoms with Crippen LogP contribution in [-0.2, 0) is 39.4 Å². The first-order chi connectivity index (χ1) is 7.70. The monoisotopic (exact) mass is 265 g/mol. The third-order valence-electron chi connectivity index (χ3n) is 2.26. The van der Waals surface area contributed by atoms with Crippen LogP contribution in [0.3, 0.4) is 0 Å². The third kappa shape index (κ3) is 6.33. The van der Waals surface area contributed by atoms with Crippen LogP contribution in [0, 0.1) is 0 Å². The molecule has 1 heterocycles. The van der Waals surface area contributed by atoms with Gasteiger partial charge < -0.3 is 0 Å². The Balaban J connectivity index is 2.05. The molecule has 1 aliphatic heterocycles. The fraction of sp³-hybridized carbons (Fsp3) is 1.00. The van der Waals surface area contributed by atoms with Crippen molar-refractivity contribution in [2.24, 2.45) is 0 Å². The van der Waals surface area contributed by atoms with Crippen molar-refractivity contribution in [3.05, 3.63) is 0 Å². The van der Waals surface area contributed by atoms with Crippen LogP contribution >= 0.6 is 0 Å². The molecule has 16 heavy (non-hydrogen) atoms. The molecule has 0 spiro atoms. The predicted octanol–water partition coefficient (Wildman–Crippen LogP) is 1.46. The molecule has 0 aromatic carbocycles. The molecule has 93 valence electrons. The molecule has 0 aromatic rings. The third-order valence-corrected chi connectivity index (χ3v) is 3.10. The van der Waals surface area contributed by atoms with Gasteiger partial charge in [0.25, 0.3) is 0 Å². The molecule has 5 heteroatoms. The zero-order chi connectivity index (χ0) is 11.9. The quantitative estimate of drug-likeness (QED) is 0.259. The molecule has 1 saturated heterocycles. The first-order valence-corrected chi connectivity index (χ1v) is 6.70. The molecular formula is C11H21O4Ti. The Kier molecular flexibility index (Phi) is 7.12. The van der Waals surface area contributed by atoms with Crippen LogP contribution in [0.2, 0.25) is 0 Å². The van der Waals surface area contributed by atoms with E-state index >= 15 is 0 Å². The SMILES string of the molecule is CCO[C]([Ti])(CCCOCC1CO1)OCC. The average molecular weight is 265 g/mol. The summed E-state index contributed by atoms with van der Waals surface area (Å²) < 4.78 is 21.3. The average Bonchev–Trinajstić information content (AvgIpc) is 3.02. The van der Waals surface area contributed by atoms with Gasteiger partial charge in [0.1, 0.15) is 0 Å². The van der Waals surface area contributed by atoms with Crippen LogP contribution in [0.25, 0.3) is 0 Å². The summed E-state index contributed by atoms with van der Waals surface area (Å²) in [5.41, 5.74) is 0. The molecule has 0 amide bonds. The normalized spacial score (nSPS) is 19.9. The molecule has 0 N–H and O–H groups in total. The van der Waals surface area contributed by atoms with E-state index in [0.717, 1.165) is 32.7 Å². The fourth-order valence-electron chi connectivity index (χ4n) is 1.44. The molecule has 0 aliphatic carbocycles. The molecule has 4 nitrogen and oxygen atoms in total.